The number of hydrogen-bond donors (Lipinski definition) is 0. The number of carbonyl (C=O) groups excluding carboxylic acids is 1. The van der Waals surface area contributed by atoms with Crippen LogP contribution in [0, 0.1) is 0 Å². The highest BCUT2D eigenvalue weighted by molar-refractivity contribution is 5.84. The van der Waals surface area contributed by atoms with Crippen LogP contribution >= 0.6 is 0 Å². The average molecular weight is 170 g/mol. The summed E-state index contributed by atoms with van der Waals surface area (Å²) in [5.74, 6) is 0.287. The Morgan fingerprint density at radius 3 is 2.33 bits per heavy atom. The fourth-order valence-electron chi connectivity index (χ4n) is 1.68. The quantitative estimate of drug-likeness (QED) is 0.604. The number of nitrogens with zero attached hydrogens (tertiary/aromatic N) is 2. The second kappa shape index (κ2) is 3.44. The molecule has 0 spiro atoms. The van der Waals surface area contributed by atoms with Gasteiger partial charge in [0.1, 0.15) is 0 Å². The topological polar surface area (TPSA) is 23.6 Å². The van der Waals surface area contributed by atoms with E-state index in [2.05, 4.69) is 13.8 Å². The van der Waals surface area contributed by atoms with Gasteiger partial charge in [-0.2, -0.15) is 0 Å². The van der Waals surface area contributed by atoms with Crippen LogP contribution in [-0.2, 0) is 4.79 Å². The van der Waals surface area contributed by atoms with Crippen LogP contribution in [0.25, 0.3) is 0 Å². The molecule has 3 heteroatoms. The van der Waals surface area contributed by atoms with Crippen molar-refractivity contribution in [2.45, 2.75) is 32.4 Å². The van der Waals surface area contributed by atoms with Gasteiger partial charge in [0.05, 0.1) is 6.04 Å². The number of carbonyl (C=O) groups is 1. The molecule has 1 aliphatic rings. The SMILES string of the molecule is CC(C)N1CCC(N(C)C)C1=O. The van der Waals surface area contributed by atoms with Crippen molar-refractivity contribution in [3.05, 3.63) is 0 Å². The second-order valence-electron chi connectivity index (χ2n) is 3.89. The number of likely N-dealkylation sites (tertiary alicyclic amines) is 1. The summed E-state index contributed by atoms with van der Waals surface area (Å²) < 4.78 is 0. The Bertz CT molecular complexity index is 159. The first-order valence-electron chi connectivity index (χ1n) is 4.51. The van der Waals surface area contributed by atoms with E-state index >= 15 is 0 Å². The van der Waals surface area contributed by atoms with Gasteiger partial charge in [-0.25, -0.2) is 0 Å². The van der Waals surface area contributed by atoms with Gasteiger partial charge in [-0.15, -0.1) is 0 Å². The van der Waals surface area contributed by atoms with Crippen LogP contribution in [0.3, 0.4) is 0 Å². The molecular weight excluding hydrogens is 152 g/mol. The summed E-state index contributed by atoms with van der Waals surface area (Å²) in [6.07, 6.45) is 0.976. The van der Waals surface area contributed by atoms with Gasteiger partial charge in [0.25, 0.3) is 0 Å². The van der Waals surface area contributed by atoms with Crippen LogP contribution in [0.5, 0.6) is 0 Å². The third kappa shape index (κ3) is 1.61. The molecule has 1 fully saturated rings. The molecule has 0 bridgehead atoms. The molecule has 1 rings (SSSR count). The predicted octanol–water partition coefficient (Wildman–Crippen LogP) is 0.557. The fraction of sp³-hybridized carbons (Fsp3) is 0.889. The van der Waals surface area contributed by atoms with Gasteiger partial charge < -0.3 is 4.90 Å². The maximum absolute atomic E-state index is 11.7. The Balaban J connectivity index is 2.61. The van der Waals surface area contributed by atoms with E-state index in [9.17, 15) is 4.79 Å². The van der Waals surface area contributed by atoms with Crippen LogP contribution < -0.4 is 0 Å². The highest BCUT2D eigenvalue weighted by Gasteiger charge is 2.33. The van der Waals surface area contributed by atoms with Crippen molar-refractivity contribution in [1.82, 2.24) is 9.80 Å². The standard InChI is InChI=1S/C9H18N2O/c1-7(2)11-6-5-8(9(11)12)10(3)4/h7-8H,5-6H2,1-4H3. The summed E-state index contributed by atoms with van der Waals surface area (Å²) in [6, 6.07) is 0.467. The van der Waals surface area contributed by atoms with Crippen molar-refractivity contribution in [3.63, 3.8) is 0 Å². The lowest BCUT2D eigenvalue weighted by Crippen LogP contribution is -2.40. The van der Waals surface area contributed by atoms with E-state index in [1.807, 2.05) is 23.9 Å². The van der Waals surface area contributed by atoms with Crippen molar-refractivity contribution >= 4 is 5.91 Å². The molecular formula is C9H18N2O. The molecule has 1 saturated heterocycles. The molecule has 0 saturated carbocycles. The Kier molecular flexibility index (Phi) is 2.73. The molecule has 1 atom stereocenters. The van der Waals surface area contributed by atoms with Crippen LogP contribution in [0.1, 0.15) is 20.3 Å². The Morgan fingerprint density at radius 2 is 2.08 bits per heavy atom. The molecule has 0 aliphatic carbocycles. The summed E-state index contributed by atoms with van der Waals surface area (Å²) in [4.78, 5) is 15.6. The molecule has 0 aromatic rings. The number of amides is 1. The lowest BCUT2D eigenvalue weighted by Gasteiger charge is -2.22. The van der Waals surface area contributed by atoms with Crippen LogP contribution in [0.4, 0.5) is 0 Å². The van der Waals surface area contributed by atoms with Gasteiger partial charge in [0, 0.05) is 12.6 Å². The van der Waals surface area contributed by atoms with E-state index < -0.39 is 0 Å². The molecule has 0 aromatic heterocycles. The monoisotopic (exact) mass is 170 g/mol. The zero-order chi connectivity index (χ0) is 9.30. The molecule has 0 aromatic carbocycles. The first-order chi connectivity index (χ1) is 5.54. The number of rotatable bonds is 2. The molecule has 3 nitrogen and oxygen atoms in total. The molecule has 0 N–H and O–H groups in total. The maximum atomic E-state index is 11.7. The van der Waals surface area contributed by atoms with E-state index in [1.165, 1.54) is 0 Å². The van der Waals surface area contributed by atoms with Crippen molar-refractivity contribution in [3.8, 4) is 0 Å². The highest BCUT2D eigenvalue weighted by Crippen LogP contribution is 2.17. The highest BCUT2D eigenvalue weighted by atomic mass is 16.2. The zero-order valence-corrected chi connectivity index (χ0v) is 8.37. The van der Waals surface area contributed by atoms with Gasteiger partial charge in [-0.05, 0) is 34.4 Å². The molecule has 1 amide bonds. The van der Waals surface area contributed by atoms with E-state index in [-0.39, 0.29) is 11.9 Å². The Labute approximate surface area is 74.3 Å². The van der Waals surface area contributed by atoms with E-state index in [1.54, 1.807) is 0 Å². The van der Waals surface area contributed by atoms with Gasteiger partial charge >= 0.3 is 0 Å². The van der Waals surface area contributed by atoms with Crippen LogP contribution in [-0.4, -0.2) is 48.4 Å². The van der Waals surface area contributed by atoms with Crippen molar-refractivity contribution in [2.24, 2.45) is 0 Å². The Hall–Kier alpha value is -0.570. The van der Waals surface area contributed by atoms with Gasteiger partial charge in [-0.1, -0.05) is 0 Å². The Morgan fingerprint density at radius 1 is 1.50 bits per heavy atom. The van der Waals surface area contributed by atoms with Crippen LogP contribution in [0.2, 0.25) is 0 Å². The molecule has 1 heterocycles. The first-order valence-corrected chi connectivity index (χ1v) is 4.51. The van der Waals surface area contributed by atoms with Crippen molar-refractivity contribution in [2.75, 3.05) is 20.6 Å². The van der Waals surface area contributed by atoms with Crippen molar-refractivity contribution in [1.29, 1.82) is 0 Å². The lowest BCUT2D eigenvalue weighted by atomic mass is 10.2. The molecule has 12 heavy (non-hydrogen) atoms. The van der Waals surface area contributed by atoms with E-state index in [0.29, 0.717) is 6.04 Å². The minimum Gasteiger partial charge on any atom is -0.339 e. The average Bonchev–Trinajstić information content (AvgIpc) is 2.30. The lowest BCUT2D eigenvalue weighted by molar-refractivity contribution is -0.132. The number of likely N-dealkylation sites (N-methyl/N-ethyl adjacent to an activating group) is 1. The van der Waals surface area contributed by atoms with Gasteiger partial charge in [-0.3, -0.25) is 9.69 Å². The third-order valence-electron chi connectivity index (χ3n) is 2.46. The van der Waals surface area contributed by atoms with Crippen molar-refractivity contribution < 1.29 is 4.79 Å². The summed E-state index contributed by atoms with van der Waals surface area (Å²) in [5.41, 5.74) is 0. The minimum absolute atomic E-state index is 0.118. The predicted molar refractivity (Wildman–Crippen MR) is 48.9 cm³/mol. The third-order valence-corrected chi connectivity index (χ3v) is 2.46. The maximum Gasteiger partial charge on any atom is 0.240 e. The molecule has 70 valence electrons. The van der Waals surface area contributed by atoms with Gasteiger partial charge in [0.15, 0.2) is 0 Å². The summed E-state index contributed by atoms with van der Waals surface area (Å²) >= 11 is 0. The number of hydrogen-bond acceptors (Lipinski definition) is 2. The largest absolute Gasteiger partial charge is 0.339 e. The van der Waals surface area contributed by atoms with Gasteiger partial charge in [0.2, 0.25) is 5.91 Å². The summed E-state index contributed by atoms with van der Waals surface area (Å²) in [6.45, 7) is 5.05. The summed E-state index contributed by atoms with van der Waals surface area (Å²) in [5, 5.41) is 0. The molecule has 1 aliphatic heterocycles. The summed E-state index contributed by atoms with van der Waals surface area (Å²) in [7, 11) is 3.93. The zero-order valence-electron chi connectivity index (χ0n) is 8.37. The second-order valence-corrected chi connectivity index (χ2v) is 3.89. The fourth-order valence-corrected chi connectivity index (χ4v) is 1.68. The normalized spacial score (nSPS) is 24.7. The first kappa shape index (κ1) is 9.52. The van der Waals surface area contributed by atoms with Crippen LogP contribution in [0.15, 0.2) is 0 Å². The van der Waals surface area contributed by atoms with E-state index in [0.717, 1.165) is 13.0 Å². The minimum atomic E-state index is 0.118. The molecule has 1 unspecified atom stereocenters. The van der Waals surface area contributed by atoms with E-state index in [4.69, 9.17) is 0 Å². The molecule has 0 radical (unpaired) electrons. The smallest absolute Gasteiger partial charge is 0.240 e.